The van der Waals surface area contributed by atoms with Crippen LogP contribution in [0.15, 0.2) is 40.1 Å². The minimum absolute atomic E-state index is 0.636. The third-order valence-corrected chi connectivity index (χ3v) is 4.67. The molecule has 0 aliphatic heterocycles. The second-order valence-electron chi connectivity index (χ2n) is 4.10. The first kappa shape index (κ1) is 13.6. The average Bonchev–Trinajstić information content (AvgIpc) is 2.33. The third-order valence-electron chi connectivity index (χ3n) is 2.86. The second kappa shape index (κ2) is 5.43. The summed E-state index contributed by atoms with van der Waals surface area (Å²) in [6, 6.07) is 9.56. The minimum atomic E-state index is 0.636. The minimum Gasteiger partial charge on any atom is -0.398 e. The highest BCUT2D eigenvalue weighted by Gasteiger charge is 2.09. The SMILES string of the molecule is Cc1ccc(Sc2ccc(Cl)cc2Cl)c(N)c1C. The molecule has 0 aromatic heterocycles. The highest BCUT2D eigenvalue weighted by atomic mass is 35.5. The Morgan fingerprint density at radius 2 is 1.67 bits per heavy atom. The molecule has 0 aliphatic carbocycles. The highest BCUT2D eigenvalue weighted by molar-refractivity contribution is 7.99. The largest absolute Gasteiger partial charge is 0.398 e. The number of nitrogen functional groups attached to an aromatic ring is 1. The summed E-state index contributed by atoms with van der Waals surface area (Å²) in [6.07, 6.45) is 0. The molecule has 2 aromatic carbocycles. The molecule has 18 heavy (non-hydrogen) atoms. The summed E-state index contributed by atoms with van der Waals surface area (Å²) in [4.78, 5) is 1.97. The molecular weight excluding hydrogens is 285 g/mol. The van der Waals surface area contributed by atoms with Crippen LogP contribution >= 0.6 is 35.0 Å². The Bertz CT molecular complexity index is 597. The molecule has 0 aliphatic rings. The smallest absolute Gasteiger partial charge is 0.0560 e. The Labute approximate surface area is 121 Å². The third kappa shape index (κ3) is 2.77. The van der Waals surface area contributed by atoms with E-state index in [1.54, 1.807) is 17.8 Å². The van der Waals surface area contributed by atoms with Gasteiger partial charge < -0.3 is 5.73 Å². The van der Waals surface area contributed by atoms with Crippen molar-refractivity contribution in [2.75, 3.05) is 5.73 Å². The summed E-state index contributed by atoms with van der Waals surface area (Å²) >= 11 is 13.6. The number of benzene rings is 2. The number of halogens is 2. The Balaban J connectivity index is 2.37. The molecule has 0 bridgehead atoms. The Morgan fingerprint density at radius 3 is 2.33 bits per heavy atom. The molecule has 2 rings (SSSR count). The zero-order valence-electron chi connectivity index (χ0n) is 10.1. The average molecular weight is 298 g/mol. The summed E-state index contributed by atoms with van der Waals surface area (Å²) in [5, 5.41) is 1.28. The Morgan fingerprint density at radius 1 is 1.00 bits per heavy atom. The molecule has 2 aromatic rings. The molecule has 0 radical (unpaired) electrons. The lowest BCUT2D eigenvalue weighted by Crippen LogP contribution is -1.94. The van der Waals surface area contributed by atoms with Gasteiger partial charge in [0.25, 0.3) is 0 Å². The number of aryl methyl sites for hydroxylation is 1. The van der Waals surface area contributed by atoms with Crippen LogP contribution in [0.25, 0.3) is 0 Å². The van der Waals surface area contributed by atoms with Crippen molar-refractivity contribution in [2.24, 2.45) is 0 Å². The number of hydrogen-bond acceptors (Lipinski definition) is 2. The zero-order chi connectivity index (χ0) is 13.3. The van der Waals surface area contributed by atoms with Gasteiger partial charge in [0, 0.05) is 20.5 Å². The van der Waals surface area contributed by atoms with E-state index in [-0.39, 0.29) is 0 Å². The second-order valence-corrected chi connectivity index (χ2v) is 6.02. The van der Waals surface area contributed by atoms with Gasteiger partial charge in [0.1, 0.15) is 0 Å². The normalized spacial score (nSPS) is 10.7. The van der Waals surface area contributed by atoms with Crippen LogP contribution in [0.2, 0.25) is 10.0 Å². The fourth-order valence-corrected chi connectivity index (χ4v) is 3.03. The predicted octanol–water partition coefficient (Wildman–Crippen LogP) is 5.34. The van der Waals surface area contributed by atoms with Crippen LogP contribution in [0.1, 0.15) is 11.1 Å². The zero-order valence-corrected chi connectivity index (χ0v) is 12.5. The molecule has 0 fully saturated rings. The molecule has 0 amide bonds. The maximum Gasteiger partial charge on any atom is 0.0560 e. The van der Waals surface area contributed by atoms with Gasteiger partial charge in [0.05, 0.1) is 5.02 Å². The van der Waals surface area contributed by atoms with Crippen molar-refractivity contribution in [3.63, 3.8) is 0 Å². The molecular formula is C14H13Cl2NS. The van der Waals surface area contributed by atoms with E-state index in [4.69, 9.17) is 28.9 Å². The predicted molar refractivity (Wildman–Crippen MR) is 80.9 cm³/mol. The van der Waals surface area contributed by atoms with Crippen LogP contribution in [0.3, 0.4) is 0 Å². The number of hydrogen-bond donors (Lipinski definition) is 1. The topological polar surface area (TPSA) is 26.0 Å². The summed E-state index contributed by atoms with van der Waals surface area (Å²) in [6.45, 7) is 4.08. The van der Waals surface area contributed by atoms with Crippen molar-refractivity contribution < 1.29 is 0 Å². The van der Waals surface area contributed by atoms with E-state index >= 15 is 0 Å². The standard InChI is InChI=1S/C14H13Cl2NS/c1-8-3-5-13(14(17)9(8)2)18-12-6-4-10(15)7-11(12)16/h3-7H,17H2,1-2H3. The fraction of sp³-hybridized carbons (Fsp3) is 0.143. The van der Waals surface area contributed by atoms with E-state index in [9.17, 15) is 0 Å². The summed E-state index contributed by atoms with van der Waals surface area (Å²) < 4.78 is 0. The first-order chi connectivity index (χ1) is 8.49. The Kier molecular flexibility index (Phi) is 4.10. The maximum atomic E-state index is 6.16. The molecule has 0 atom stereocenters. The van der Waals surface area contributed by atoms with E-state index in [1.807, 2.05) is 25.1 Å². The number of rotatable bonds is 2. The van der Waals surface area contributed by atoms with E-state index in [0.717, 1.165) is 21.0 Å². The molecule has 1 nitrogen and oxygen atoms in total. The van der Waals surface area contributed by atoms with Crippen LogP contribution in [0.5, 0.6) is 0 Å². The van der Waals surface area contributed by atoms with Gasteiger partial charge in [-0.1, -0.05) is 41.0 Å². The van der Waals surface area contributed by atoms with Gasteiger partial charge in [-0.15, -0.1) is 0 Å². The molecule has 0 unspecified atom stereocenters. The van der Waals surface area contributed by atoms with E-state index in [1.165, 1.54) is 5.56 Å². The molecule has 94 valence electrons. The van der Waals surface area contributed by atoms with Crippen molar-refractivity contribution >= 4 is 40.7 Å². The van der Waals surface area contributed by atoms with E-state index in [2.05, 4.69) is 13.0 Å². The van der Waals surface area contributed by atoms with Crippen LogP contribution in [0.4, 0.5) is 5.69 Å². The summed E-state index contributed by atoms with van der Waals surface area (Å²) in [5.74, 6) is 0. The van der Waals surface area contributed by atoms with Gasteiger partial charge in [-0.2, -0.15) is 0 Å². The molecule has 0 saturated carbocycles. The molecule has 0 saturated heterocycles. The van der Waals surface area contributed by atoms with Gasteiger partial charge in [-0.05, 0) is 49.2 Å². The quantitative estimate of drug-likeness (QED) is 0.757. The first-order valence-electron chi connectivity index (χ1n) is 5.47. The van der Waals surface area contributed by atoms with Gasteiger partial charge in [0.2, 0.25) is 0 Å². The molecule has 0 heterocycles. The van der Waals surface area contributed by atoms with Crippen molar-refractivity contribution in [3.8, 4) is 0 Å². The molecule has 4 heteroatoms. The maximum absolute atomic E-state index is 6.16. The van der Waals surface area contributed by atoms with Gasteiger partial charge in [-0.3, -0.25) is 0 Å². The van der Waals surface area contributed by atoms with Crippen LogP contribution in [0, 0.1) is 13.8 Å². The summed E-state index contributed by atoms with van der Waals surface area (Å²) in [7, 11) is 0. The summed E-state index contributed by atoms with van der Waals surface area (Å²) in [5.41, 5.74) is 9.24. The monoisotopic (exact) mass is 297 g/mol. The lowest BCUT2D eigenvalue weighted by Gasteiger charge is -2.11. The number of anilines is 1. The lowest BCUT2D eigenvalue weighted by atomic mass is 10.1. The van der Waals surface area contributed by atoms with Crippen molar-refractivity contribution in [1.82, 2.24) is 0 Å². The van der Waals surface area contributed by atoms with E-state index in [0.29, 0.717) is 10.0 Å². The molecule has 2 N–H and O–H groups in total. The van der Waals surface area contributed by atoms with Crippen LogP contribution < -0.4 is 5.73 Å². The van der Waals surface area contributed by atoms with Crippen LogP contribution in [-0.2, 0) is 0 Å². The van der Waals surface area contributed by atoms with Crippen LogP contribution in [-0.4, -0.2) is 0 Å². The lowest BCUT2D eigenvalue weighted by molar-refractivity contribution is 1.28. The van der Waals surface area contributed by atoms with Crippen molar-refractivity contribution in [1.29, 1.82) is 0 Å². The first-order valence-corrected chi connectivity index (χ1v) is 7.05. The van der Waals surface area contributed by atoms with Gasteiger partial charge in [-0.25, -0.2) is 0 Å². The molecule has 0 spiro atoms. The Hall–Kier alpha value is -0.830. The van der Waals surface area contributed by atoms with E-state index < -0.39 is 0 Å². The van der Waals surface area contributed by atoms with Gasteiger partial charge >= 0.3 is 0 Å². The van der Waals surface area contributed by atoms with Gasteiger partial charge in [0.15, 0.2) is 0 Å². The fourth-order valence-electron chi connectivity index (χ4n) is 1.58. The van der Waals surface area contributed by atoms with Crippen molar-refractivity contribution in [3.05, 3.63) is 51.5 Å². The van der Waals surface area contributed by atoms with Crippen molar-refractivity contribution in [2.45, 2.75) is 23.6 Å². The number of nitrogens with two attached hydrogens (primary N) is 1. The highest BCUT2D eigenvalue weighted by Crippen LogP contribution is 2.38.